The van der Waals surface area contributed by atoms with Gasteiger partial charge in [0.05, 0.1) is 10.7 Å². The molecular weight excluding hydrogens is 242 g/mol. The minimum Gasteiger partial charge on any atom is -0.397 e. The average molecular weight is 265 g/mol. The van der Waals surface area contributed by atoms with Crippen molar-refractivity contribution >= 4 is 22.0 Å². The molecule has 0 aliphatic rings. The molecule has 0 atom stereocenters. The Balaban J connectivity index is 2.09. The van der Waals surface area contributed by atoms with Crippen molar-refractivity contribution in [2.24, 2.45) is 5.92 Å². The predicted octanol–water partition coefficient (Wildman–Crippen LogP) is 4.22. The molecule has 0 saturated heterocycles. The maximum atomic E-state index is 8.80. The highest BCUT2D eigenvalue weighted by Gasteiger charge is 2.04. The van der Waals surface area contributed by atoms with Crippen molar-refractivity contribution in [2.45, 2.75) is 46.0 Å². The fourth-order valence-corrected chi connectivity index (χ4v) is 2.62. The van der Waals surface area contributed by atoms with E-state index < -0.39 is 0 Å². The number of nitrogens with one attached hydrogen (secondary N) is 1. The lowest BCUT2D eigenvalue weighted by Crippen LogP contribution is -1.99. The number of nitrogens with zero attached hydrogens (tertiary/aromatic N) is 1. The maximum absolute atomic E-state index is 8.80. The zero-order valence-corrected chi connectivity index (χ0v) is 12.1. The number of nitrogen functional groups attached to an aromatic ring is 1. The van der Waals surface area contributed by atoms with Gasteiger partial charge >= 0.3 is 0 Å². The molecular formula is C14H23N3S. The van der Waals surface area contributed by atoms with Crippen LogP contribution in [0.15, 0.2) is 6.07 Å². The molecule has 1 aromatic rings. The lowest BCUT2D eigenvalue weighted by molar-refractivity contribution is 0.523. The summed E-state index contributed by atoms with van der Waals surface area (Å²) < 4.78 is 0. The molecule has 3 N–H and O–H groups in total. The van der Waals surface area contributed by atoms with Crippen molar-refractivity contribution in [3.05, 3.63) is 10.9 Å². The molecule has 100 valence electrons. The third kappa shape index (κ3) is 5.42. The Morgan fingerprint density at radius 1 is 1.33 bits per heavy atom. The molecule has 0 aliphatic carbocycles. The van der Waals surface area contributed by atoms with Gasteiger partial charge in [0.25, 0.3) is 0 Å². The molecule has 0 saturated carbocycles. The van der Waals surface area contributed by atoms with Gasteiger partial charge in [-0.2, -0.15) is 5.26 Å². The van der Waals surface area contributed by atoms with Crippen LogP contribution in [-0.2, 0) is 0 Å². The van der Waals surface area contributed by atoms with Gasteiger partial charge in [-0.3, -0.25) is 0 Å². The van der Waals surface area contributed by atoms with Crippen LogP contribution >= 0.6 is 11.3 Å². The number of nitrogens with two attached hydrogens (primary N) is 1. The Labute approximate surface area is 114 Å². The molecule has 0 spiro atoms. The van der Waals surface area contributed by atoms with Crippen molar-refractivity contribution in [3.63, 3.8) is 0 Å². The largest absolute Gasteiger partial charge is 0.397 e. The van der Waals surface area contributed by atoms with E-state index >= 15 is 0 Å². The normalized spacial score (nSPS) is 10.6. The van der Waals surface area contributed by atoms with E-state index in [1.807, 2.05) is 6.07 Å². The van der Waals surface area contributed by atoms with Gasteiger partial charge in [-0.25, -0.2) is 0 Å². The highest BCUT2D eigenvalue weighted by atomic mass is 32.1. The van der Waals surface area contributed by atoms with Crippen LogP contribution in [0.2, 0.25) is 0 Å². The number of rotatable bonds is 8. The van der Waals surface area contributed by atoms with E-state index in [9.17, 15) is 0 Å². The summed E-state index contributed by atoms with van der Waals surface area (Å²) >= 11 is 1.43. The van der Waals surface area contributed by atoms with Gasteiger partial charge in [0.2, 0.25) is 0 Å². The number of hydrogen-bond acceptors (Lipinski definition) is 4. The fourth-order valence-electron chi connectivity index (χ4n) is 1.82. The predicted molar refractivity (Wildman–Crippen MR) is 79.9 cm³/mol. The van der Waals surface area contributed by atoms with Gasteiger partial charge < -0.3 is 11.1 Å². The van der Waals surface area contributed by atoms with Crippen LogP contribution in [0.1, 0.15) is 50.8 Å². The van der Waals surface area contributed by atoms with E-state index in [-0.39, 0.29) is 0 Å². The van der Waals surface area contributed by atoms with E-state index in [2.05, 4.69) is 25.2 Å². The summed E-state index contributed by atoms with van der Waals surface area (Å²) in [6.07, 6.45) is 6.43. The minimum atomic E-state index is 0.585. The molecule has 0 bridgehead atoms. The Morgan fingerprint density at radius 2 is 2.06 bits per heavy atom. The third-order valence-corrected chi connectivity index (χ3v) is 3.88. The zero-order chi connectivity index (χ0) is 13.4. The zero-order valence-electron chi connectivity index (χ0n) is 11.3. The minimum absolute atomic E-state index is 0.585. The summed E-state index contributed by atoms with van der Waals surface area (Å²) in [4.78, 5) is 0.606. The molecule has 18 heavy (non-hydrogen) atoms. The molecule has 0 aromatic carbocycles. The van der Waals surface area contributed by atoms with Crippen LogP contribution in [0.25, 0.3) is 0 Å². The summed E-state index contributed by atoms with van der Waals surface area (Å²) in [5, 5.41) is 13.1. The summed E-state index contributed by atoms with van der Waals surface area (Å²) in [5.41, 5.74) is 6.28. The smallest absolute Gasteiger partial charge is 0.129 e. The second-order valence-corrected chi connectivity index (χ2v) is 6.08. The molecule has 0 amide bonds. The molecule has 0 radical (unpaired) electrons. The second-order valence-electron chi connectivity index (χ2n) is 5.03. The maximum Gasteiger partial charge on any atom is 0.129 e. The fraction of sp³-hybridized carbons (Fsp3) is 0.643. The molecule has 4 heteroatoms. The summed E-state index contributed by atoms with van der Waals surface area (Å²) in [6, 6.07) is 3.95. The first kappa shape index (κ1) is 14.8. The second kappa shape index (κ2) is 7.99. The molecule has 1 aromatic heterocycles. The third-order valence-electron chi connectivity index (χ3n) is 2.87. The highest BCUT2D eigenvalue weighted by Crippen LogP contribution is 2.28. The van der Waals surface area contributed by atoms with Crippen molar-refractivity contribution in [2.75, 3.05) is 17.6 Å². The lowest BCUT2D eigenvalue weighted by atomic mass is 10.0. The van der Waals surface area contributed by atoms with Crippen molar-refractivity contribution in [3.8, 4) is 6.07 Å². The van der Waals surface area contributed by atoms with E-state index in [0.29, 0.717) is 10.6 Å². The SMILES string of the molecule is CC(C)CCCCCCNc1cc(N)c(C#N)s1. The van der Waals surface area contributed by atoms with E-state index in [0.717, 1.165) is 17.5 Å². The summed E-state index contributed by atoms with van der Waals surface area (Å²) in [5.74, 6) is 0.821. The topological polar surface area (TPSA) is 61.8 Å². The number of nitriles is 1. The van der Waals surface area contributed by atoms with Gasteiger partial charge in [-0.05, 0) is 18.4 Å². The van der Waals surface area contributed by atoms with Gasteiger partial charge in [0, 0.05) is 6.54 Å². The highest BCUT2D eigenvalue weighted by molar-refractivity contribution is 7.17. The average Bonchev–Trinajstić information content (AvgIpc) is 2.68. The number of unbranched alkanes of at least 4 members (excludes halogenated alkanes) is 3. The van der Waals surface area contributed by atoms with Gasteiger partial charge in [0.1, 0.15) is 10.9 Å². The van der Waals surface area contributed by atoms with Gasteiger partial charge in [-0.15, -0.1) is 11.3 Å². The van der Waals surface area contributed by atoms with Crippen molar-refractivity contribution in [1.29, 1.82) is 5.26 Å². The Morgan fingerprint density at radius 3 is 2.67 bits per heavy atom. The number of hydrogen-bond donors (Lipinski definition) is 2. The van der Waals surface area contributed by atoms with E-state index in [1.165, 1.54) is 43.4 Å². The van der Waals surface area contributed by atoms with Gasteiger partial charge in [0.15, 0.2) is 0 Å². The van der Waals surface area contributed by atoms with Crippen LogP contribution in [0.5, 0.6) is 0 Å². The van der Waals surface area contributed by atoms with Crippen LogP contribution in [0.4, 0.5) is 10.7 Å². The number of thiophene rings is 1. The first-order valence-corrected chi connectivity index (χ1v) is 7.48. The first-order valence-electron chi connectivity index (χ1n) is 6.66. The van der Waals surface area contributed by atoms with Crippen molar-refractivity contribution < 1.29 is 0 Å². The van der Waals surface area contributed by atoms with E-state index in [1.54, 1.807) is 0 Å². The standard InChI is InChI=1S/C14H23N3S/c1-11(2)7-5-3-4-6-8-17-14-9-12(16)13(10-15)18-14/h9,11,17H,3-8,16H2,1-2H3. The summed E-state index contributed by atoms with van der Waals surface area (Å²) in [6.45, 7) is 5.51. The molecule has 0 fully saturated rings. The first-order chi connectivity index (χ1) is 8.63. The van der Waals surface area contributed by atoms with Crippen LogP contribution in [0, 0.1) is 17.2 Å². The Bertz CT molecular complexity index is 390. The monoisotopic (exact) mass is 265 g/mol. The van der Waals surface area contributed by atoms with Crippen LogP contribution in [-0.4, -0.2) is 6.54 Å². The summed E-state index contributed by atoms with van der Waals surface area (Å²) in [7, 11) is 0. The Kier molecular flexibility index (Phi) is 6.59. The quantitative estimate of drug-likeness (QED) is 0.692. The molecule has 0 unspecified atom stereocenters. The molecule has 0 aliphatic heterocycles. The van der Waals surface area contributed by atoms with Crippen LogP contribution in [0.3, 0.4) is 0 Å². The number of anilines is 2. The molecule has 1 heterocycles. The lowest BCUT2D eigenvalue weighted by Gasteiger charge is -2.05. The molecule has 3 nitrogen and oxygen atoms in total. The van der Waals surface area contributed by atoms with Crippen molar-refractivity contribution in [1.82, 2.24) is 0 Å². The molecule has 1 rings (SSSR count). The van der Waals surface area contributed by atoms with E-state index in [4.69, 9.17) is 11.0 Å². The van der Waals surface area contributed by atoms with Crippen LogP contribution < -0.4 is 11.1 Å². The Hall–Kier alpha value is -1.21. The van der Waals surface area contributed by atoms with Gasteiger partial charge in [-0.1, -0.05) is 39.5 Å².